The predicted molar refractivity (Wildman–Crippen MR) is 60.7 cm³/mol. The van der Waals surface area contributed by atoms with E-state index in [4.69, 9.17) is 5.11 Å². The van der Waals surface area contributed by atoms with Crippen LogP contribution in [0.15, 0.2) is 30.3 Å². The molecular formula is C12H19NO2. The van der Waals surface area contributed by atoms with E-state index < -0.39 is 6.10 Å². The van der Waals surface area contributed by atoms with E-state index in [1.54, 1.807) is 7.05 Å². The first kappa shape index (κ1) is 12.2. The van der Waals surface area contributed by atoms with Crippen LogP contribution in [0.4, 0.5) is 0 Å². The third-order valence-electron chi connectivity index (χ3n) is 2.61. The van der Waals surface area contributed by atoms with Gasteiger partial charge in [-0.2, -0.15) is 0 Å². The minimum atomic E-state index is -0.682. The molecule has 0 amide bonds. The molecule has 84 valence electrons. The first-order chi connectivity index (χ1) is 7.27. The van der Waals surface area contributed by atoms with Crippen molar-refractivity contribution in [2.45, 2.75) is 25.0 Å². The summed E-state index contributed by atoms with van der Waals surface area (Å²) in [6, 6.07) is 10.1. The molecular weight excluding hydrogens is 190 g/mol. The third-order valence-corrected chi connectivity index (χ3v) is 2.61. The number of benzene rings is 1. The van der Waals surface area contributed by atoms with Gasteiger partial charge in [-0.25, -0.2) is 0 Å². The summed E-state index contributed by atoms with van der Waals surface area (Å²) in [5, 5.41) is 21.3. The van der Waals surface area contributed by atoms with E-state index >= 15 is 0 Å². The Morgan fingerprint density at radius 2 is 1.93 bits per heavy atom. The average Bonchev–Trinajstić information content (AvgIpc) is 2.31. The lowest BCUT2D eigenvalue weighted by Crippen LogP contribution is -2.40. The maximum Gasteiger partial charge on any atom is 0.0923 e. The van der Waals surface area contributed by atoms with Gasteiger partial charge in [0.2, 0.25) is 0 Å². The Hall–Kier alpha value is -0.900. The number of hydrogen-bond acceptors (Lipinski definition) is 3. The molecule has 1 aromatic carbocycles. The van der Waals surface area contributed by atoms with Crippen molar-refractivity contribution in [3.05, 3.63) is 35.9 Å². The van der Waals surface area contributed by atoms with Crippen molar-refractivity contribution in [2.75, 3.05) is 13.7 Å². The molecule has 0 saturated carbocycles. The molecule has 0 heterocycles. The van der Waals surface area contributed by atoms with Crippen molar-refractivity contribution in [3.8, 4) is 0 Å². The molecule has 0 aliphatic heterocycles. The number of likely N-dealkylation sites (N-methyl/N-ethyl adjacent to an activating group) is 1. The lowest BCUT2D eigenvalue weighted by Gasteiger charge is -2.20. The van der Waals surface area contributed by atoms with Crippen molar-refractivity contribution >= 4 is 0 Å². The zero-order valence-electron chi connectivity index (χ0n) is 9.06. The van der Waals surface area contributed by atoms with Crippen LogP contribution in [0.2, 0.25) is 0 Å². The molecule has 0 fully saturated rings. The van der Waals surface area contributed by atoms with Gasteiger partial charge in [0.05, 0.1) is 12.7 Å². The van der Waals surface area contributed by atoms with E-state index in [-0.39, 0.29) is 12.6 Å². The Morgan fingerprint density at radius 3 is 2.47 bits per heavy atom. The highest BCUT2D eigenvalue weighted by molar-refractivity contribution is 5.14. The van der Waals surface area contributed by atoms with E-state index in [1.807, 2.05) is 18.2 Å². The van der Waals surface area contributed by atoms with Crippen LogP contribution in [0.1, 0.15) is 12.0 Å². The summed E-state index contributed by atoms with van der Waals surface area (Å²) in [6.07, 6.45) is 1.05. The molecule has 1 rings (SSSR count). The highest BCUT2D eigenvalue weighted by Crippen LogP contribution is 2.07. The second-order valence-electron chi connectivity index (χ2n) is 3.67. The maximum absolute atomic E-state index is 9.48. The second-order valence-corrected chi connectivity index (χ2v) is 3.67. The number of nitrogens with one attached hydrogen (secondary N) is 1. The molecule has 2 atom stereocenters. The summed E-state index contributed by atoms with van der Waals surface area (Å²) in [6.45, 7) is -0.194. The molecule has 0 radical (unpaired) electrons. The molecule has 0 aliphatic rings. The Balaban J connectivity index is 2.41. The Labute approximate surface area is 90.8 Å². The molecule has 0 unspecified atom stereocenters. The average molecular weight is 209 g/mol. The molecule has 0 aromatic heterocycles. The van der Waals surface area contributed by atoms with Crippen LogP contribution >= 0.6 is 0 Å². The first-order valence-corrected chi connectivity index (χ1v) is 5.28. The number of aryl methyl sites for hydroxylation is 1. The summed E-state index contributed by atoms with van der Waals surface area (Å²) in [7, 11) is 1.80. The smallest absolute Gasteiger partial charge is 0.0923 e. The summed E-state index contributed by atoms with van der Waals surface area (Å²) in [4.78, 5) is 0. The lowest BCUT2D eigenvalue weighted by atomic mass is 10.0. The van der Waals surface area contributed by atoms with Crippen LogP contribution in [0, 0.1) is 0 Å². The van der Waals surface area contributed by atoms with Gasteiger partial charge in [-0.3, -0.25) is 0 Å². The molecule has 0 spiro atoms. The fourth-order valence-corrected chi connectivity index (χ4v) is 1.62. The Kier molecular flexibility index (Phi) is 5.32. The van der Waals surface area contributed by atoms with Crippen LogP contribution in [-0.4, -0.2) is 36.0 Å². The van der Waals surface area contributed by atoms with Gasteiger partial charge in [-0.15, -0.1) is 0 Å². The van der Waals surface area contributed by atoms with Crippen LogP contribution in [0.3, 0.4) is 0 Å². The zero-order chi connectivity index (χ0) is 11.1. The van der Waals surface area contributed by atoms with Crippen molar-refractivity contribution in [3.63, 3.8) is 0 Å². The van der Waals surface area contributed by atoms with Gasteiger partial charge < -0.3 is 15.5 Å². The summed E-state index contributed by atoms with van der Waals surface area (Å²) < 4.78 is 0. The van der Waals surface area contributed by atoms with Gasteiger partial charge >= 0.3 is 0 Å². The Morgan fingerprint density at radius 1 is 1.27 bits per heavy atom. The second kappa shape index (κ2) is 6.56. The quantitative estimate of drug-likeness (QED) is 0.641. The van der Waals surface area contributed by atoms with Gasteiger partial charge in [0, 0.05) is 6.04 Å². The Bertz CT molecular complexity index is 264. The molecule has 3 nitrogen and oxygen atoms in total. The minimum absolute atomic E-state index is 0.0461. The first-order valence-electron chi connectivity index (χ1n) is 5.28. The normalized spacial score (nSPS) is 14.9. The van der Waals surface area contributed by atoms with Crippen molar-refractivity contribution in [1.82, 2.24) is 5.32 Å². The monoisotopic (exact) mass is 209 g/mol. The molecule has 0 aliphatic carbocycles. The minimum Gasteiger partial charge on any atom is -0.394 e. The topological polar surface area (TPSA) is 52.5 Å². The number of aliphatic hydroxyl groups is 2. The molecule has 1 aromatic rings. The largest absolute Gasteiger partial charge is 0.394 e. The van der Waals surface area contributed by atoms with Gasteiger partial charge in [-0.1, -0.05) is 30.3 Å². The van der Waals surface area contributed by atoms with Crippen LogP contribution < -0.4 is 5.32 Å². The van der Waals surface area contributed by atoms with Crippen molar-refractivity contribution in [1.29, 1.82) is 0 Å². The third kappa shape index (κ3) is 4.00. The van der Waals surface area contributed by atoms with E-state index in [9.17, 15) is 5.11 Å². The summed E-state index contributed by atoms with van der Waals surface area (Å²) >= 11 is 0. The number of aliphatic hydroxyl groups excluding tert-OH is 2. The van der Waals surface area contributed by atoms with Gasteiger partial charge in [0.25, 0.3) is 0 Å². The molecule has 0 bridgehead atoms. The number of hydrogen-bond donors (Lipinski definition) is 3. The fraction of sp³-hybridized carbons (Fsp3) is 0.500. The summed E-state index contributed by atoms with van der Waals surface area (Å²) in [5.74, 6) is 0. The SMILES string of the molecule is CN[C@@H](CCc1ccccc1)[C@H](O)CO. The molecule has 0 saturated heterocycles. The molecule has 3 N–H and O–H groups in total. The summed E-state index contributed by atoms with van der Waals surface area (Å²) in [5.41, 5.74) is 1.25. The molecule has 3 heteroatoms. The number of rotatable bonds is 6. The highest BCUT2D eigenvalue weighted by Gasteiger charge is 2.15. The fourth-order valence-electron chi connectivity index (χ4n) is 1.62. The van der Waals surface area contributed by atoms with Crippen LogP contribution in [-0.2, 0) is 6.42 Å². The van der Waals surface area contributed by atoms with E-state index in [1.165, 1.54) is 5.56 Å². The van der Waals surface area contributed by atoms with Gasteiger partial charge in [0.1, 0.15) is 0 Å². The van der Waals surface area contributed by atoms with Crippen LogP contribution in [0.5, 0.6) is 0 Å². The lowest BCUT2D eigenvalue weighted by molar-refractivity contribution is 0.0626. The van der Waals surface area contributed by atoms with E-state index in [0.717, 1.165) is 12.8 Å². The van der Waals surface area contributed by atoms with E-state index in [0.29, 0.717) is 0 Å². The highest BCUT2D eigenvalue weighted by atomic mass is 16.3. The predicted octanol–water partition coefficient (Wildman–Crippen LogP) is 0.560. The van der Waals surface area contributed by atoms with Gasteiger partial charge in [-0.05, 0) is 25.5 Å². The van der Waals surface area contributed by atoms with Crippen LogP contribution in [0.25, 0.3) is 0 Å². The van der Waals surface area contributed by atoms with Crippen molar-refractivity contribution in [2.24, 2.45) is 0 Å². The molecule has 15 heavy (non-hydrogen) atoms. The van der Waals surface area contributed by atoms with Gasteiger partial charge in [0.15, 0.2) is 0 Å². The maximum atomic E-state index is 9.48. The standard InChI is InChI=1S/C12H19NO2/c1-13-11(12(15)9-14)8-7-10-5-3-2-4-6-10/h2-6,11-15H,7-9H2,1H3/t11-,12+/m0/s1. The van der Waals surface area contributed by atoms with Crippen molar-refractivity contribution < 1.29 is 10.2 Å². The zero-order valence-corrected chi connectivity index (χ0v) is 9.06. The van der Waals surface area contributed by atoms with E-state index in [2.05, 4.69) is 17.4 Å².